The predicted molar refractivity (Wildman–Crippen MR) is 63.4 cm³/mol. The van der Waals surface area contributed by atoms with Crippen molar-refractivity contribution in [2.24, 2.45) is 10.7 Å². The molecule has 0 atom stereocenters. The summed E-state index contributed by atoms with van der Waals surface area (Å²) in [4.78, 5) is 4.15. The van der Waals surface area contributed by atoms with E-state index in [9.17, 15) is 0 Å². The molecule has 0 bridgehead atoms. The van der Waals surface area contributed by atoms with Gasteiger partial charge < -0.3 is 15.2 Å². The maximum Gasteiger partial charge on any atom is 0.210 e. The summed E-state index contributed by atoms with van der Waals surface area (Å²) in [5.74, 6) is 1.42. The first-order chi connectivity index (χ1) is 7.79. The molecule has 1 heterocycles. The van der Waals surface area contributed by atoms with Crippen molar-refractivity contribution in [2.45, 2.75) is 0 Å². The normalized spacial score (nSPS) is 15.6. The van der Waals surface area contributed by atoms with Crippen molar-refractivity contribution < 1.29 is 9.47 Å². The van der Waals surface area contributed by atoms with Crippen molar-refractivity contribution in [3.8, 4) is 5.75 Å². The Balaban J connectivity index is 2.16. The van der Waals surface area contributed by atoms with Gasteiger partial charge in [-0.15, -0.1) is 0 Å². The molecule has 1 aliphatic rings. The fraction of sp³-hybridized carbons (Fsp3) is 0.250. The van der Waals surface area contributed by atoms with Crippen LogP contribution >= 0.6 is 0 Å². The van der Waals surface area contributed by atoms with E-state index in [1.54, 1.807) is 13.2 Å². The molecule has 2 rings (SSSR count). The zero-order valence-electron chi connectivity index (χ0n) is 9.14. The molecular formula is C12H14N2O2. The average Bonchev–Trinajstić information content (AvgIpc) is 2.82. The third kappa shape index (κ3) is 2.34. The van der Waals surface area contributed by atoms with E-state index in [0.29, 0.717) is 24.7 Å². The van der Waals surface area contributed by atoms with Gasteiger partial charge in [0.1, 0.15) is 12.4 Å². The molecule has 0 saturated heterocycles. The smallest absolute Gasteiger partial charge is 0.210 e. The molecule has 1 aliphatic heterocycles. The van der Waals surface area contributed by atoms with Crippen LogP contribution in [0.2, 0.25) is 0 Å². The van der Waals surface area contributed by atoms with Gasteiger partial charge in [-0.3, -0.25) is 0 Å². The first-order valence-electron chi connectivity index (χ1n) is 5.08. The SMILES string of the molecule is COc1ccc(/C(N)=C/C2=NCCO2)cc1. The first-order valence-corrected chi connectivity index (χ1v) is 5.08. The second-order valence-corrected chi connectivity index (χ2v) is 3.40. The first kappa shape index (κ1) is 10.5. The van der Waals surface area contributed by atoms with Gasteiger partial charge in [0.2, 0.25) is 5.90 Å². The van der Waals surface area contributed by atoms with E-state index < -0.39 is 0 Å². The number of nitrogens with two attached hydrogens (primary N) is 1. The highest BCUT2D eigenvalue weighted by Crippen LogP contribution is 2.15. The molecule has 4 heteroatoms. The summed E-state index contributed by atoms with van der Waals surface area (Å²) >= 11 is 0. The molecule has 16 heavy (non-hydrogen) atoms. The third-order valence-electron chi connectivity index (χ3n) is 2.31. The molecule has 0 amide bonds. The van der Waals surface area contributed by atoms with E-state index in [2.05, 4.69) is 4.99 Å². The fourth-order valence-electron chi connectivity index (χ4n) is 1.44. The van der Waals surface area contributed by atoms with Crippen molar-refractivity contribution in [3.63, 3.8) is 0 Å². The minimum atomic E-state index is 0.605. The van der Waals surface area contributed by atoms with Crippen LogP contribution in [0.15, 0.2) is 35.3 Å². The Bertz CT molecular complexity index is 421. The minimum Gasteiger partial charge on any atom is -0.497 e. The Kier molecular flexibility index (Phi) is 3.10. The Labute approximate surface area is 94.4 Å². The zero-order valence-corrected chi connectivity index (χ0v) is 9.14. The van der Waals surface area contributed by atoms with Gasteiger partial charge in [-0.25, -0.2) is 4.99 Å². The third-order valence-corrected chi connectivity index (χ3v) is 2.31. The average molecular weight is 218 g/mol. The molecule has 2 N–H and O–H groups in total. The van der Waals surface area contributed by atoms with Gasteiger partial charge in [-0.1, -0.05) is 0 Å². The van der Waals surface area contributed by atoms with Gasteiger partial charge >= 0.3 is 0 Å². The van der Waals surface area contributed by atoms with Gasteiger partial charge in [0, 0.05) is 11.8 Å². The van der Waals surface area contributed by atoms with Crippen LogP contribution < -0.4 is 10.5 Å². The lowest BCUT2D eigenvalue weighted by molar-refractivity contribution is 0.350. The molecule has 1 aromatic carbocycles. The maximum absolute atomic E-state index is 5.93. The lowest BCUT2D eigenvalue weighted by Gasteiger charge is -2.04. The topological polar surface area (TPSA) is 56.8 Å². The Hall–Kier alpha value is -1.97. The molecule has 0 unspecified atom stereocenters. The van der Waals surface area contributed by atoms with Crippen LogP contribution in [0.1, 0.15) is 5.56 Å². The number of hydrogen-bond donors (Lipinski definition) is 1. The number of benzene rings is 1. The van der Waals surface area contributed by atoms with Gasteiger partial charge in [0.15, 0.2) is 0 Å². The van der Waals surface area contributed by atoms with Crippen molar-refractivity contribution >= 4 is 11.6 Å². The van der Waals surface area contributed by atoms with E-state index in [0.717, 1.165) is 11.3 Å². The monoisotopic (exact) mass is 218 g/mol. The number of methoxy groups -OCH3 is 1. The molecule has 0 aliphatic carbocycles. The highest BCUT2D eigenvalue weighted by atomic mass is 16.5. The molecule has 0 saturated carbocycles. The van der Waals surface area contributed by atoms with Crippen LogP contribution in [0, 0.1) is 0 Å². The molecule has 0 radical (unpaired) electrons. The van der Waals surface area contributed by atoms with Gasteiger partial charge in [0.25, 0.3) is 0 Å². The number of hydrogen-bond acceptors (Lipinski definition) is 4. The number of ether oxygens (including phenoxy) is 2. The summed E-state index contributed by atoms with van der Waals surface area (Å²) in [6.45, 7) is 1.35. The van der Waals surface area contributed by atoms with E-state index in [1.165, 1.54) is 0 Å². The second-order valence-electron chi connectivity index (χ2n) is 3.40. The van der Waals surface area contributed by atoms with Crippen LogP contribution in [-0.2, 0) is 4.74 Å². The van der Waals surface area contributed by atoms with Crippen molar-refractivity contribution in [2.75, 3.05) is 20.3 Å². The van der Waals surface area contributed by atoms with Crippen molar-refractivity contribution in [1.82, 2.24) is 0 Å². The van der Waals surface area contributed by atoms with Crippen molar-refractivity contribution in [1.29, 1.82) is 0 Å². The van der Waals surface area contributed by atoms with Crippen LogP contribution in [0.3, 0.4) is 0 Å². The van der Waals surface area contributed by atoms with E-state index >= 15 is 0 Å². The fourth-order valence-corrected chi connectivity index (χ4v) is 1.44. The van der Waals surface area contributed by atoms with E-state index in [4.69, 9.17) is 15.2 Å². The minimum absolute atomic E-state index is 0.605. The van der Waals surface area contributed by atoms with E-state index in [-0.39, 0.29) is 0 Å². The Morgan fingerprint density at radius 2 is 2.19 bits per heavy atom. The molecule has 0 aromatic heterocycles. The number of rotatable bonds is 3. The van der Waals surface area contributed by atoms with Crippen LogP contribution in [0.4, 0.5) is 0 Å². The highest BCUT2D eigenvalue weighted by Gasteiger charge is 2.05. The molecule has 0 fully saturated rings. The van der Waals surface area contributed by atoms with Gasteiger partial charge in [-0.05, 0) is 29.8 Å². The van der Waals surface area contributed by atoms with Crippen molar-refractivity contribution in [3.05, 3.63) is 35.9 Å². The molecular weight excluding hydrogens is 204 g/mol. The number of aliphatic imine (C=N–C) groups is 1. The standard InChI is InChI=1S/C12H14N2O2/c1-15-10-4-2-9(3-5-10)11(13)8-12-14-6-7-16-12/h2-5,8H,6-7,13H2,1H3/b11-8-. The Morgan fingerprint density at radius 1 is 1.44 bits per heavy atom. The largest absolute Gasteiger partial charge is 0.497 e. The predicted octanol–water partition coefficient (Wildman–Crippen LogP) is 1.42. The van der Waals surface area contributed by atoms with Gasteiger partial charge in [0.05, 0.1) is 13.7 Å². The summed E-state index contributed by atoms with van der Waals surface area (Å²) in [7, 11) is 1.63. The number of nitrogens with zero attached hydrogens (tertiary/aromatic N) is 1. The summed E-state index contributed by atoms with van der Waals surface area (Å²) in [5, 5.41) is 0. The molecule has 84 valence electrons. The Morgan fingerprint density at radius 3 is 2.75 bits per heavy atom. The maximum atomic E-state index is 5.93. The molecule has 0 spiro atoms. The van der Waals surface area contributed by atoms with Gasteiger partial charge in [-0.2, -0.15) is 0 Å². The summed E-state index contributed by atoms with van der Waals surface area (Å²) < 4.78 is 10.3. The van der Waals surface area contributed by atoms with Crippen LogP contribution in [-0.4, -0.2) is 26.2 Å². The molecule has 4 nitrogen and oxygen atoms in total. The van der Waals surface area contributed by atoms with Crippen LogP contribution in [0.5, 0.6) is 5.75 Å². The lowest BCUT2D eigenvalue weighted by Crippen LogP contribution is -2.02. The van der Waals surface area contributed by atoms with Crippen LogP contribution in [0.25, 0.3) is 5.70 Å². The highest BCUT2D eigenvalue weighted by molar-refractivity contribution is 5.95. The quantitative estimate of drug-likeness (QED) is 0.834. The zero-order chi connectivity index (χ0) is 11.4. The lowest BCUT2D eigenvalue weighted by atomic mass is 10.1. The summed E-state index contributed by atoms with van der Waals surface area (Å²) in [5.41, 5.74) is 7.50. The second kappa shape index (κ2) is 4.70. The molecule has 1 aromatic rings. The van der Waals surface area contributed by atoms with E-state index in [1.807, 2.05) is 24.3 Å². The summed E-state index contributed by atoms with van der Waals surface area (Å²) in [6, 6.07) is 7.54. The summed E-state index contributed by atoms with van der Waals surface area (Å²) in [6.07, 6.45) is 1.74.